The van der Waals surface area contributed by atoms with Crippen LogP contribution in [-0.4, -0.2) is 22.3 Å². The molecular weight excluding hydrogens is 414 g/mol. The molecule has 0 spiro atoms. The Morgan fingerprint density at radius 1 is 1.00 bits per heavy atom. The van der Waals surface area contributed by atoms with Crippen molar-refractivity contribution in [3.8, 4) is 11.1 Å². The van der Waals surface area contributed by atoms with E-state index in [9.17, 15) is 9.90 Å². The van der Waals surface area contributed by atoms with E-state index in [4.69, 9.17) is 0 Å². The van der Waals surface area contributed by atoms with Gasteiger partial charge in [-0.25, -0.2) is 4.79 Å². The molecule has 0 aliphatic heterocycles. The van der Waals surface area contributed by atoms with Crippen molar-refractivity contribution in [1.29, 1.82) is 0 Å². The van der Waals surface area contributed by atoms with Gasteiger partial charge in [-0.05, 0) is 76.9 Å². The molecule has 32 heavy (non-hydrogen) atoms. The summed E-state index contributed by atoms with van der Waals surface area (Å²) in [6, 6.07) is 24.0. The van der Waals surface area contributed by atoms with Gasteiger partial charge < -0.3 is 5.11 Å². The van der Waals surface area contributed by atoms with Crippen molar-refractivity contribution in [3.05, 3.63) is 95.7 Å². The lowest BCUT2D eigenvalue weighted by Gasteiger charge is -2.13. The number of aliphatic carboxylic acids is 1. The summed E-state index contributed by atoms with van der Waals surface area (Å²) in [5.41, 5.74) is 6.08. The van der Waals surface area contributed by atoms with Gasteiger partial charge in [-0.15, -0.1) is 11.8 Å². The monoisotopic (exact) mass is 439 g/mol. The Bertz CT molecular complexity index is 1310. The van der Waals surface area contributed by atoms with Gasteiger partial charge in [-0.2, -0.15) is 0 Å². The van der Waals surface area contributed by atoms with E-state index in [0.29, 0.717) is 11.5 Å². The van der Waals surface area contributed by atoms with Gasteiger partial charge in [0.15, 0.2) is 0 Å². The second-order valence-electron chi connectivity index (χ2n) is 8.02. The predicted molar refractivity (Wildman–Crippen MR) is 135 cm³/mol. The second kappa shape index (κ2) is 9.41. The Balaban J connectivity index is 1.82. The molecule has 0 saturated carbocycles. The largest absolute Gasteiger partial charge is 0.478 e. The summed E-state index contributed by atoms with van der Waals surface area (Å²) in [6.07, 6.45) is 5.55. The van der Waals surface area contributed by atoms with Crippen LogP contribution in [0.1, 0.15) is 36.5 Å². The molecule has 3 aromatic carbocycles. The van der Waals surface area contributed by atoms with Gasteiger partial charge in [0.2, 0.25) is 0 Å². The fourth-order valence-electron chi connectivity index (χ4n) is 3.77. The van der Waals surface area contributed by atoms with Gasteiger partial charge in [-0.3, -0.25) is 4.98 Å². The molecule has 0 radical (unpaired) electrons. The van der Waals surface area contributed by atoms with Crippen LogP contribution in [0.2, 0.25) is 0 Å². The second-order valence-corrected chi connectivity index (χ2v) is 8.90. The highest BCUT2D eigenvalue weighted by molar-refractivity contribution is 7.98. The SMILES string of the molecule is CSc1ccc(/C(=C/c2cccc(-c3cc(C(C)C)cc4cccnc34)c2)C(=O)O)cc1. The smallest absolute Gasteiger partial charge is 0.336 e. The molecule has 0 amide bonds. The summed E-state index contributed by atoms with van der Waals surface area (Å²) < 4.78 is 0. The zero-order valence-electron chi connectivity index (χ0n) is 18.4. The van der Waals surface area contributed by atoms with Crippen molar-refractivity contribution in [2.24, 2.45) is 0 Å². The normalized spacial score (nSPS) is 11.8. The first-order valence-corrected chi connectivity index (χ1v) is 11.8. The molecule has 1 N–H and O–H groups in total. The quantitative estimate of drug-likeness (QED) is 0.193. The molecule has 0 bridgehead atoms. The van der Waals surface area contributed by atoms with Crippen LogP contribution in [-0.2, 0) is 4.79 Å². The topological polar surface area (TPSA) is 50.2 Å². The van der Waals surface area contributed by atoms with Crippen LogP contribution in [0.25, 0.3) is 33.7 Å². The number of fused-ring (bicyclic) bond motifs is 1. The Morgan fingerprint density at radius 2 is 1.78 bits per heavy atom. The lowest BCUT2D eigenvalue weighted by atomic mass is 9.93. The highest BCUT2D eigenvalue weighted by Gasteiger charge is 2.13. The van der Waals surface area contributed by atoms with Gasteiger partial charge in [0.25, 0.3) is 0 Å². The summed E-state index contributed by atoms with van der Waals surface area (Å²) in [5.74, 6) is -0.550. The zero-order valence-corrected chi connectivity index (χ0v) is 19.2. The molecule has 1 aromatic heterocycles. The summed E-state index contributed by atoms with van der Waals surface area (Å²) >= 11 is 1.63. The molecule has 4 heteroatoms. The van der Waals surface area contributed by atoms with Crippen molar-refractivity contribution in [3.63, 3.8) is 0 Å². The Hall–Kier alpha value is -3.37. The average Bonchev–Trinajstić information content (AvgIpc) is 2.82. The lowest BCUT2D eigenvalue weighted by Crippen LogP contribution is -1.99. The first-order valence-electron chi connectivity index (χ1n) is 10.5. The third-order valence-corrected chi connectivity index (χ3v) is 6.28. The van der Waals surface area contributed by atoms with Gasteiger partial charge in [0.1, 0.15) is 0 Å². The van der Waals surface area contributed by atoms with Crippen molar-refractivity contribution < 1.29 is 9.90 Å². The van der Waals surface area contributed by atoms with Crippen LogP contribution >= 0.6 is 11.8 Å². The maximum atomic E-state index is 12.0. The molecule has 0 atom stereocenters. The molecule has 1 heterocycles. The van der Waals surface area contributed by atoms with Gasteiger partial charge >= 0.3 is 5.97 Å². The standard InChI is InChI=1S/C28H25NO2S/c1-18(2)23-16-22-8-5-13-29-27(22)25(17-23)21-7-4-6-19(14-21)15-26(28(30)31)20-9-11-24(32-3)12-10-20/h4-18H,1-3H3,(H,30,31)/b26-15-. The van der Waals surface area contributed by atoms with Crippen LogP contribution in [0.15, 0.2) is 83.9 Å². The number of rotatable bonds is 6. The molecule has 0 aliphatic rings. The number of thioether (sulfide) groups is 1. The van der Waals surface area contributed by atoms with Crippen molar-refractivity contribution >= 4 is 40.3 Å². The van der Waals surface area contributed by atoms with Crippen molar-refractivity contribution in [1.82, 2.24) is 4.98 Å². The summed E-state index contributed by atoms with van der Waals surface area (Å²) in [7, 11) is 0. The average molecular weight is 440 g/mol. The van der Waals surface area contributed by atoms with Gasteiger partial charge in [0.05, 0.1) is 11.1 Å². The molecule has 0 saturated heterocycles. The summed E-state index contributed by atoms with van der Waals surface area (Å²) in [4.78, 5) is 17.8. The maximum Gasteiger partial charge on any atom is 0.336 e. The Kier molecular flexibility index (Phi) is 6.42. The van der Waals surface area contributed by atoms with E-state index in [-0.39, 0.29) is 5.57 Å². The number of nitrogens with zero attached hydrogens (tertiary/aromatic N) is 1. The van der Waals surface area contributed by atoms with Crippen LogP contribution in [0.4, 0.5) is 0 Å². The predicted octanol–water partition coefficient (Wildman–Crippen LogP) is 7.37. The van der Waals surface area contributed by atoms with Crippen LogP contribution < -0.4 is 0 Å². The van der Waals surface area contributed by atoms with E-state index in [0.717, 1.165) is 32.5 Å². The minimum Gasteiger partial charge on any atom is -0.478 e. The fraction of sp³-hybridized carbons (Fsp3) is 0.143. The van der Waals surface area contributed by atoms with Crippen LogP contribution in [0.3, 0.4) is 0 Å². The van der Waals surface area contributed by atoms with Crippen LogP contribution in [0.5, 0.6) is 0 Å². The van der Waals surface area contributed by atoms with Crippen LogP contribution in [0, 0.1) is 0 Å². The van der Waals surface area contributed by atoms with Crippen molar-refractivity contribution in [2.45, 2.75) is 24.7 Å². The molecule has 160 valence electrons. The third-order valence-electron chi connectivity index (χ3n) is 5.53. The zero-order chi connectivity index (χ0) is 22.7. The maximum absolute atomic E-state index is 12.0. The first kappa shape index (κ1) is 21.8. The molecular formula is C28H25NO2S. The minimum atomic E-state index is -0.943. The first-order chi connectivity index (χ1) is 15.5. The van der Waals surface area contributed by atoms with E-state index in [2.05, 4.69) is 43.1 Å². The summed E-state index contributed by atoms with van der Waals surface area (Å²) in [6.45, 7) is 4.36. The summed E-state index contributed by atoms with van der Waals surface area (Å²) in [5, 5.41) is 11.0. The molecule has 3 nitrogen and oxygen atoms in total. The number of aromatic nitrogens is 1. The van der Waals surface area contributed by atoms with Gasteiger partial charge in [-0.1, -0.05) is 50.2 Å². The molecule has 0 fully saturated rings. The number of carboxylic acids is 1. The highest BCUT2D eigenvalue weighted by atomic mass is 32.2. The van der Waals surface area contributed by atoms with E-state index < -0.39 is 5.97 Å². The van der Waals surface area contributed by atoms with E-state index in [1.807, 2.05) is 61.0 Å². The Morgan fingerprint density at radius 3 is 2.47 bits per heavy atom. The third kappa shape index (κ3) is 4.61. The molecule has 4 rings (SSSR count). The molecule has 0 unspecified atom stereocenters. The van der Waals surface area contributed by atoms with E-state index in [1.165, 1.54) is 5.56 Å². The van der Waals surface area contributed by atoms with E-state index in [1.54, 1.807) is 17.8 Å². The van der Waals surface area contributed by atoms with E-state index >= 15 is 0 Å². The van der Waals surface area contributed by atoms with Crippen molar-refractivity contribution in [2.75, 3.05) is 6.26 Å². The molecule has 0 aliphatic carbocycles. The fourth-order valence-corrected chi connectivity index (χ4v) is 4.18. The Labute approximate surface area is 192 Å². The number of benzene rings is 3. The number of carbonyl (C=O) groups is 1. The number of carboxylic acid groups (broad SMARTS) is 1. The lowest BCUT2D eigenvalue weighted by molar-refractivity contribution is -0.130. The number of hydrogen-bond donors (Lipinski definition) is 1. The molecule has 4 aromatic rings. The van der Waals surface area contributed by atoms with Gasteiger partial charge in [0, 0.05) is 22.0 Å². The highest BCUT2D eigenvalue weighted by Crippen LogP contribution is 2.32. The number of hydrogen-bond acceptors (Lipinski definition) is 3. The number of pyridine rings is 1. The minimum absolute atomic E-state index is 0.272.